The number of benzene rings is 1. The summed E-state index contributed by atoms with van der Waals surface area (Å²) in [6.45, 7) is 4.22. The maximum absolute atomic E-state index is 12.0. The quantitative estimate of drug-likeness (QED) is 0.921. The van der Waals surface area contributed by atoms with Gasteiger partial charge in [-0.15, -0.1) is 0 Å². The average Bonchev–Trinajstić information content (AvgIpc) is 2.44. The molecule has 0 atom stereocenters. The molecule has 1 aromatic carbocycles. The highest BCUT2D eigenvalue weighted by Crippen LogP contribution is 2.26. The molecule has 3 nitrogen and oxygen atoms in total. The molecule has 2 aromatic rings. The Bertz CT molecular complexity index is 603. The van der Waals surface area contributed by atoms with E-state index in [1.165, 1.54) is 0 Å². The minimum atomic E-state index is -0.115. The summed E-state index contributed by atoms with van der Waals surface area (Å²) in [5.41, 5.74) is 1.55. The molecule has 0 bridgehead atoms. The first-order valence-electron chi connectivity index (χ1n) is 6.52. The zero-order valence-electron chi connectivity index (χ0n) is 11.1. The van der Waals surface area contributed by atoms with Crippen molar-refractivity contribution in [1.82, 2.24) is 9.97 Å². The van der Waals surface area contributed by atoms with Crippen molar-refractivity contribution < 1.29 is 0 Å². The van der Waals surface area contributed by atoms with Gasteiger partial charge in [-0.1, -0.05) is 44.2 Å². The fourth-order valence-corrected chi connectivity index (χ4v) is 2.55. The van der Waals surface area contributed by atoms with Gasteiger partial charge in [0.2, 0.25) is 0 Å². The molecule has 1 heterocycles. The largest absolute Gasteiger partial charge is 0.309 e. The topological polar surface area (TPSA) is 45.8 Å². The number of rotatable bonds is 4. The van der Waals surface area contributed by atoms with Crippen LogP contribution in [0.4, 0.5) is 0 Å². The van der Waals surface area contributed by atoms with E-state index >= 15 is 0 Å². The van der Waals surface area contributed by atoms with Gasteiger partial charge in [-0.2, -0.15) is 0 Å². The van der Waals surface area contributed by atoms with E-state index in [1.54, 1.807) is 0 Å². The number of hydrogen-bond donors (Lipinski definition) is 1. The van der Waals surface area contributed by atoms with Crippen LogP contribution in [0.1, 0.15) is 38.4 Å². The number of hydrogen-bond acceptors (Lipinski definition) is 2. The van der Waals surface area contributed by atoms with E-state index in [2.05, 4.69) is 39.7 Å². The summed E-state index contributed by atoms with van der Waals surface area (Å²) < 4.78 is 0.494. The van der Waals surface area contributed by atoms with Gasteiger partial charge in [-0.05, 0) is 28.8 Å². The molecule has 0 aliphatic heterocycles. The molecule has 0 aliphatic rings. The molecule has 0 saturated heterocycles. The van der Waals surface area contributed by atoms with Crippen molar-refractivity contribution >= 4 is 15.9 Å². The number of nitrogens with zero attached hydrogens (tertiary/aromatic N) is 1. The highest BCUT2D eigenvalue weighted by molar-refractivity contribution is 9.10. The molecule has 1 N–H and O–H groups in total. The van der Waals surface area contributed by atoms with Gasteiger partial charge in [0.05, 0.1) is 5.69 Å². The van der Waals surface area contributed by atoms with Gasteiger partial charge in [-0.25, -0.2) is 4.98 Å². The molecule has 4 heteroatoms. The number of aromatic nitrogens is 2. The maximum atomic E-state index is 12.0. The minimum absolute atomic E-state index is 0.115. The molecule has 0 radical (unpaired) electrons. The van der Waals surface area contributed by atoms with Gasteiger partial charge >= 0.3 is 0 Å². The van der Waals surface area contributed by atoms with Crippen molar-refractivity contribution in [2.24, 2.45) is 0 Å². The summed E-state index contributed by atoms with van der Waals surface area (Å²) in [4.78, 5) is 19.5. The van der Waals surface area contributed by atoms with E-state index in [4.69, 9.17) is 0 Å². The molecule has 100 valence electrons. The fraction of sp³-hybridized carbons (Fsp3) is 0.333. The summed E-state index contributed by atoms with van der Waals surface area (Å²) in [7, 11) is 0. The zero-order valence-corrected chi connectivity index (χ0v) is 12.7. The third-order valence-corrected chi connectivity index (χ3v) is 4.04. The van der Waals surface area contributed by atoms with Crippen LogP contribution in [0, 0.1) is 0 Å². The Hall–Kier alpha value is -1.42. The zero-order chi connectivity index (χ0) is 13.8. The lowest BCUT2D eigenvalue weighted by atomic mass is 10.0. The molecule has 19 heavy (non-hydrogen) atoms. The van der Waals surface area contributed by atoms with Crippen LogP contribution in [-0.2, 0) is 0 Å². The predicted molar refractivity (Wildman–Crippen MR) is 81.3 cm³/mol. The summed E-state index contributed by atoms with van der Waals surface area (Å²) in [5, 5.41) is 0. The van der Waals surface area contributed by atoms with Gasteiger partial charge in [0.15, 0.2) is 0 Å². The van der Waals surface area contributed by atoms with E-state index in [0.717, 1.165) is 24.2 Å². The van der Waals surface area contributed by atoms with E-state index < -0.39 is 0 Å². The molecule has 0 spiro atoms. The van der Waals surface area contributed by atoms with Gasteiger partial charge in [-0.3, -0.25) is 4.79 Å². The van der Waals surface area contributed by atoms with E-state index in [-0.39, 0.29) is 5.56 Å². The Balaban J connectivity index is 2.58. The van der Waals surface area contributed by atoms with Crippen LogP contribution in [0.15, 0.2) is 39.6 Å². The van der Waals surface area contributed by atoms with Gasteiger partial charge in [0.25, 0.3) is 5.56 Å². The Morgan fingerprint density at radius 3 is 2.42 bits per heavy atom. The average molecular weight is 321 g/mol. The fourth-order valence-electron chi connectivity index (χ4n) is 2.13. The van der Waals surface area contributed by atoms with Crippen LogP contribution in [-0.4, -0.2) is 9.97 Å². The highest BCUT2D eigenvalue weighted by atomic mass is 79.9. The van der Waals surface area contributed by atoms with Crippen molar-refractivity contribution in [3.63, 3.8) is 0 Å². The second-order valence-corrected chi connectivity index (χ2v) is 5.29. The summed E-state index contributed by atoms with van der Waals surface area (Å²) in [6, 6.07) is 9.77. The Kier molecular flexibility index (Phi) is 4.53. The normalized spacial score (nSPS) is 10.9. The Morgan fingerprint density at radius 2 is 1.84 bits per heavy atom. The van der Waals surface area contributed by atoms with Crippen LogP contribution in [0.5, 0.6) is 0 Å². The lowest BCUT2D eigenvalue weighted by Gasteiger charge is -2.13. The van der Waals surface area contributed by atoms with Crippen LogP contribution in [0.3, 0.4) is 0 Å². The maximum Gasteiger partial charge on any atom is 0.265 e. The predicted octanol–water partition coefficient (Wildman–Crippen LogP) is 4.10. The number of nitrogens with one attached hydrogen (secondary N) is 1. The van der Waals surface area contributed by atoms with E-state index in [0.29, 0.717) is 16.1 Å². The van der Waals surface area contributed by atoms with Crippen molar-refractivity contribution in [2.45, 2.75) is 32.6 Å². The lowest BCUT2D eigenvalue weighted by molar-refractivity contribution is 0.599. The van der Waals surface area contributed by atoms with Crippen molar-refractivity contribution in [3.05, 3.63) is 51.0 Å². The van der Waals surface area contributed by atoms with Crippen LogP contribution < -0.4 is 5.56 Å². The summed E-state index contributed by atoms with van der Waals surface area (Å²) in [5.74, 6) is 1.07. The molecular weight excluding hydrogens is 304 g/mol. The Labute approximate surface area is 121 Å². The highest BCUT2D eigenvalue weighted by Gasteiger charge is 2.15. The van der Waals surface area contributed by atoms with Gasteiger partial charge in [0.1, 0.15) is 10.3 Å². The van der Waals surface area contributed by atoms with E-state index in [9.17, 15) is 4.79 Å². The first kappa shape index (κ1) is 14.0. The monoisotopic (exact) mass is 320 g/mol. The van der Waals surface area contributed by atoms with Crippen LogP contribution >= 0.6 is 15.9 Å². The van der Waals surface area contributed by atoms with E-state index in [1.807, 2.05) is 30.3 Å². The number of halogens is 1. The number of H-pyrrole nitrogens is 1. The van der Waals surface area contributed by atoms with Crippen LogP contribution in [0.2, 0.25) is 0 Å². The van der Waals surface area contributed by atoms with Crippen LogP contribution in [0.25, 0.3) is 11.3 Å². The molecule has 0 amide bonds. The molecule has 0 fully saturated rings. The molecule has 0 aliphatic carbocycles. The smallest absolute Gasteiger partial charge is 0.265 e. The minimum Gasteiger partial charge on any atom is -0.309 e. The lowest BCUT2D eigenvalue weighted by Crippen LogP contribution is -2.16. The number of aromatic amines is 1. The Morgan fingerprint density at radius 1 is 1.21 bits per heavy atom. The molecule has 1 aromatic heterocycles. The van der Waals surface area contributed by atoms with Crippen molar-refractivity contribution in [1.29, 1.82) is 0 Å². The molecule has 0 saturated carbocycles. The van der Waals surface area contributed by atoms with Gasteiger partial charge < -0.3 is 4.98 Å². The molecule has 2 rings (SSSR count). The molecular formula is C15H17BrN2O. The summed E-state index contributed by atoms with van der Waals surface area (Å²) >= 11 is 3.34. The van der Waals surface area contributed by atoms with Gasteiger partial charge in [0, 0.05) is 11.5 Å². The third kappa shape index (κ3) is 2.95. The summed E-state index contributed by atoms with van der Waals surface area (Å²) in [6.07, 6.45) is 1.94. The first-order valence-corrected chi connectivity index (χ1v) is 7.31. The van der Waals surface area contributed by atoms with Crippen molar-refractivity contribution in [2.75, 3.05) is 0 Å². The first-order chi connectivity index (χ1) is 9.17. The second-order valence-electron chi connectivity index (χ2n) is 4.49. The SMILES string of the molecule is CCC(CC)c1nc(-c2ccccc2)c(Br)c(=O)[nH]1. The molecule has 0 unspecified atom stereocenters. The third-order valence-electron chi connectivity index (χ3n) is 3.30. The van der Waals surface area contributed by atoms with Crippen molar-refractivity contribution in [3.8, 4) is 11.3 Å². The standard InChI is InChI=1S/C15H17BrN2O/c1-3-10(4-2)14-17-13(12(16)15(19)18-14)11-8-6-5-7-9-11/h5-10H,3-4H2,1-2H3,(H,17,18,19). The second kappa shape index (κ2) is 6.15.